The summed E-state index contributed by atoms with van der Waals surface area (Å²) < 4.78 is 2.29. The van der Waals surface area contributed by atoms with E-state index in [1.807, 2.05) is 0 Å². The Morgan fingerprint density at radius 2 is 1.79 bits per heavy atom. The van der Waals surface area contributed by atoms with Crippen molar-refractivity contribution in [2.45, 2.75) is 72.4 Å². The van der Waals surface area contributed by atoms with Crippen LogP contribution in [0.5, 0.6) is 0 Å². The molecule has 1 heterocycles. The Hall–Kier alpha value is -0.830. The Labute approximate surface area is 117 Å². The number of hydrogen-bond donors (Lipinski definition) is 1. The average molecular weight is 263 g/mol. The lowest BCUT2D eigenvalue weighted by molar-refractivity contribution is 0.207. The zero-order chi connectivity index (χ0) is 14.2. The van der Waals surface area contributed by atoms with E-state index in [-0.39, 0.29) is 6.04 Å². The first-order valence-electron chi connectivity index (χ1n) is 7.68. The van der Waals surface area contributed by atoms with E-state index < -0.39 is 0 Å². The molecule has 3 nitrogen and oxygen atoms in total. The van der Waals surface area contributed by atoms with Crippen LogP contribution in [0.25, 0.3) is 0 Å². The molecule has 3 unspecified atom stereocenters. The molecule has 1 saturated carbocycles. The van der Waals surface area contributed by atoms with Gasteiger partial charge in [-0.2, -0.15) is 5.10 Å². The van der Waals surface area contributed by atoms with Crippen LogP contribution in [0, 0.1) is 25.7 Å². The summed E-state index contributed by atoms with van der Waals surface area (Å²) in [5, 5.41) is 4.82. The van der Waals surface area contributed by atoms with Gasteiger partial charge < -0.3 is 5.73 Å². The van der Waals surface area contributed by atoms with Gasteiger partial charge in [0.15, 0.2) is 0 Å². The zero-order valence-electron chi connectivity index (χ0n) is 13.1. The van der Waals surface area contributed by atoms with Crippen molar-refractivity contribution in [1.82, 2.24) is 9.78 Å². The molecule has 1 fully saturated rings. The van der Waals surface area contributed by atoms with Crippen LogP contribution in [0.15, 0.2) is 0 Å². The summed E-state index contributed by atoms with van der Waals surface area (Å²) >= 11 is 0. The lowest BCUT2D eigenvalue weighted by Crippen LogP contribution is -2.24. The first kappa shape index (κ1) is 14.6. The molecule has 3 heteroatoms. The van der Waals surface area contributed by atoms with Gasteiger partial charge >= 0.3 is 0 Å². The zero-order valence-corrected chi connectivity index (χ0v) is 13.1. The molecule has 0 radical (unpaired) electrons. The number of nitrogens with two attached hydrogens (primary N) is 1. The number of aromatic nitrogens is 2. The van der Waals surface area contributed by atoms with Crippen molar-refractivity contribution in [2.75, 3.05) is 0 Å². The minimum Gasteiger partial charge on any atom is -0.328 e. The molecule has 0 amide bonds. The van der Waals surface area contributed by atoms with E-state index in [0.717, 1.165) is 18.3 Å². The van der Waals surface area contributed by atoms with Crippen molar-refractivity contribution in [3.63, 3.8) is 0 Å². The quantitative estimate of drug-likeness (QED) is 0.908. The molecule has 1 aliphatic rings. The maximum atomic E-state index is 5.96. The molecular weight excluding hydrogens is 234 g/mol. The molecular formula is C16H29N3. The summed E-state index contributed by atoms with van der Waals surface area (Å²) in [7, 11) is 0. The highest BCUT2D eigenvalue weighted by atomic mass is 15.3. The molecule has 0 saturated heterocycles. The molecule has 108 valence electrons. The van der Waals surface area contributed by atoms with Gasteiger partial charge in [-0.1, -0.05) is 13.8 Å². The summed E-state index contributed by atoms with van der Waals surface area (Å²) in [4.78, 5) is 0. The van der Waals surface area contributed by atoms with Crippen LogP contribution in [-0.2, 0) is 6.42 Å². The third-order valence-corrected chi connectivity index (χ3v) is 4.50. The van der Waals surface area contributed by atoms with Gasteiger partial charge in [0.25, 0.3) is 0 Å². The van der Waals surface area contributed by atoms with Gasteiger partial charge in [0.1, 0.15) is 0 Å². The molecule has 1 aromatic heterocycles. The number of aryl methyl sites for hydroxylation is 1. The predicted molar refractivity (Wildman–Crippen MR) is 80.3 cm³/mol. The van der Waals surface area contributed by atoms with E-state index in [1.54, 1.807) is 0 Å². The Balaban J connectivity index is 2.25. The van der Waals surface area contributed by atoms with Crippen molar-refractivity contribution < 1.29 is 0 Å². The van der Waals surface area contributed by atoms with Crippen molar-refractivity contribution in [2.24, 2.45) is 17.6 Å². The van der Waals surface area contributed by atoms with Gasteiger partial charge in [0, 0.05) is 11.7 Å². The molecule has 0 spiro atoms. The van der Waals surface area contributed by atoms with Crippen LogP contribution in [0.4, 0.5) is 0 Å². The maximum absolute atomic E-state index is 5.96. The highest BCUT2D eigenvalue weighted by molar-refractivity contribution is 5.26. The van der Waals surface area contributed by atoms with Crippen LogP contribution < -0.4 is 5.73 Å². The van der Waals surface area contributed by atoms with Gasteiger partial charge in [0.2, 0.25) is 0 Å². The second-order valence-corrected chi connectivity index (χ2v) is 6.85. The average Bonchev–Trinajstić information content (AvgIpc) is 2.55. The van der Waals surface area contributed by atoms with E-state index in [0.29, 0.717) is 6.04 Å². The normalized spacial score (nSPS) is 29.5. The van der Waals surface area contributed by atoms with E-state index >= 15 is 0 Å². The molecule has 2 rings (SSSR count). The molecule has 3 atom stereocenters. The summed E-state index contributed by atoms with van der Waals surface area (Å²) in [5.41, 5.74) is 9.82. The first-order chi connectivity index (χ1) is 8.88. The standard InChI is InChI=1S/C16H29N3/c1-10-6-11(2)8-15(7-10)19-14(5)16(9-12(3)17)13(4)18-19/h10-12,15H,6-9,17H2,1-5H3. The smallest absolute Gasteiger partial charge is 0.0629 e. The summed E-state index contributed by atoms with van der Waals surface area (Å²) in [5.74, 6) is 1.63. The monoisotopic (exact) mass is 263 g/mol. The van der Waals surface area contributed by atoms with Crippen molar-refractivity contribution in [3.8, 4) is 0 Å². The molecule has 0 aliphatic heterocycles. The van der Waals surface area contributed by atoms with E-state index in [4.69, 9.17) is 10.8 Å². The van der Waals surface area contributed by atoms with E-state index in [2.05, 4.69) is 39.3 Å². The van der Waals surface area contributed by atoms with Crippen LogP contribution in [0.2, 0.25) is 0 Å². The molecule has 19 heavy (non-hydrogen) atoms. The van der Waals surface area contributed by atoms with Crippen molar-refractivity contribution >= 4 is 0 Å². The van der Waals surface area contributed by atoms with Crippen LogP contribution in [-0.4, -0.2) is 15.8 Å². The third-order valence-electron chi connectivity index (χ3n) is 4.50. The third kappa shape index (κ3) is 3.19. The maximum Gasteiger partial charge on any atom is 0.0629 e. The largest absolute Gasteiger partial charge is 0.328 e. The van der Waals surface area contributed by atoms with Gasteiger partial charge in [-0.15, -0.1) is 0 Å². The van der Waals surface area contributed by atoms with Crippen LogP contribution >= 0.6 is 0 Å². The van der Waals surface area contributed by atoms with E-state index in [1.165, 1.54) is 36.2 Å². The Kier molecular flexibility index (Phi) is 4.34. The van der Waals surface area contributed by atoms with Gasteiger partial charge in [-0.3, -0.25) is 4.68 Å². The Morgan fingerprint density at radius 3 is 2.32 bits per heavy atom. The number of nitrogens with zero attached hydrogens (tertiary/aromatic N) is 2. The Morgan fingerprint density at radius 1 is 1.21 bits per heavy atom. The fraction of sp³-hybridized carbons (Fsp3) is 0.812. The van der Waals surface area contributed by atoms with Gasteiger partial charge in [0.05, 0.1) is 11.7 Å². The molecule has 0 bridgehead atoms. The topological polar surface area (TPSA) is 43.8 Å². The Bertz CT molecular complexity index is 423. The first-order valence-corrected chi connectivity index (χ1v) is 7.68. The summed E-state index contributed by atoms with van der Waals surface area (Å²) in [6.45, 7) is 11.1. The summed E-state index contributed by atoms with van der Waals surface area (Å²) in [6, 6.07) is 0.790. The van der Waals surface area contributed by atoms with Gasteiger partial charge in [-0.05, 0) is 63.9 Å². The number of rotatable bonds is 3. The second-order valence-electron chi connectivity index (χ2n) is 6.85. The van der Waals surface area contributed by atoms with Crippen LogP contribution in [0.1, 0.15) is 63.0 Å². The predicted octanol–water partition coefficient (Wildman–Crippen LogP) is 3.39. The fourth-order valence-electron chi connectivity index (χ4n) is 3.77. The second kappa shape index (κ2) is 5.66. The minimum absolute atomic E-state index is 0.208. The lowest BCUT2D eigenvalue weighted by Gasteiger charge is -2.32. The van der Waals surface area contributed by atoms with Crippen molar-refractivity contribution in [3.05, 3.63) is 17.0 Å². The number of hydrogen-bond acceptors (Lipinski definition) is 2. The fourth-order valence-corrected chi connectivity index (χ4v) is 3.77. The van der Waals surface area contributed by atoms with E-state index in [9.17, 15) is 0 Å². The lowest BCUT2D eigenvalue weighted by atomic mass is 9.80. The molecule has 2 N–H and O–H groups in total. The minimum atomic E-state index is 0.208. The summed E-state index contributed by atoms with van der Waals surface area (Å²) in [6.07, 6.45) is 4.84. The molecule has 0 aromatic carbocycles. The highest BCUT2D eigenvalue weighted by Gasteiger charge is 2.27. The molecule has 1 aliphatic carbocycles. The van der Waals surface area contributed by atoms with Crippen LogP contribution in [0.3, 0.4) is 0 Å². The van der Waals surface area contributed by atoms with Gasteiger partial charge in [-0.25, -0.2) is 0 Å². The SMILES string of the molecule is Cc1nn(C2CC(C)CC(C)C2)c(C)c1CC(C)N. The van der Waals surface area contributed by atoms with Crippen molar-refractivity contribution in [1.29, 1.82) is 0 Å². The molecule has 1 aromatic rings. The highest BCUT2D eigenvalue weighted by Crippen LogP contribution is 2.36.